The van der Waals surface area contributed by atoms with E-state index in [9.17, 15) is 13.6 Å². The van der Waals surface area contributed by atoms with Gasteiger partial charge >= 0.3 is 0 Å². The highest BCUT2D eigenvalue weighted by atomic mass is 19.1. The molecule has 4 rings (SSSR count). The van der Waals surface area contributed by atoms with Gasteiger partial charge in [-0.1, -0.05) is 0 Å². The van der Waals surface area contributed by atoms with Gasteiger partial charge in [0.05, 0.1) is 5.54 Å². The topological polar surface area (TPSA) is 41.1 Å². The number of piperidine rings is 1. The van der Waals surface area contributed by atoms with Crippen molar-refractivity contribution in [3.63, 3.8) is 0 Å². The number of carbonyl (C=O) groups is 1. The highest BCUT2D eigenvalue weighted by Crippen LogP contribution is 2.42. The zero-order valence-corrected chi connectivity index (χ0v) is 13.1. The van der Waals surface area contributed by atoms with E-state index in [-0.39, 0.29) is 17.4 Å². The molecule has 2 saturated carbocycles. The van der Waals surface area contributed by atoms with Gasteiger partial charge in [-0.2, -0.15) is 0 Å². The molecule has 3 fully saturated rings. The van der Waals surface area contributed by atoms with Crippen molar-refractivity contribution in [2.24, 2.45) is 0 Å². The molecule has 0 bridgehead atoms. The van der Waals surface area contributed by atoms with Gasteiger partial charge in [-0.05, 0) is 62.1 Å². The van der Waals surface area contributed by atoms with E-state index in [1.165, 1.54) is 18.6 Å². The van der Waals surface area contributed by atoms with E-state index in [0.717, 1.165) is 43.7 Å². The minimum atomic E-state index is -0.500. The van der Waals surface area contributed by atoms with E-state index >= 15 is 0 Å². The zero-order chi connectivity index (χ0) is 16.0. The van der Waals surface area contributed by atoms with Crippen LogP contribution in [0.5, 0.6) is 0 Å². The number of benzene rings is 1. The number of rotatable bonds is 3. The smallest absolute Gasteiger partial charge is 0.220 e. The first-order valence-electron chi connectivity index (χ1n) is 8.57. The summed E-state index contributed by atoms with van der Waals surface area (Å²) in [5.74, 6) is -0.600. The summed E-state index contributed by atoms with van der Waals surface area (Å²) in [5.41, 5.74) is 0.724. The summed E-state index contributed by atoms with van der Waals surface area (Å²) >= 11 is 0. The summed E-state index contributed by atoms with van der Waals surface area (Å²) in [7, 11) is 0. The van der Waals surface area contributed by atoms with E-state index < -0.39 is 11.6 Å². The monoisotopic (exact) mass is 320 g/mol. The predicted molar refractivity (Wildman–Crippen MR) is 83.0 cm³/mol. The van der Waals surface area contributed by atoms with Crippen LogP contribution in [0.15, 0.2) is 18.2 Å². The second-order valence-corrected chi connectivity index (χ2v) is 7.38. The van der Waals surface area contributed by atoms with Crippen molar-refractivity contribution in [3.8, 4) is 0 Å². The molecule has 1 aromatic carbocycles. The van der Waals surface area contributed by atoms with Crippen LogP contribution in [0.25, 0.3) is 0 Å². The highest BCUT2D eigenvalue weighted by molar-refractivity contribution is 5.78. The van der Waals surface area contributed by atoms with Gasteiger partial charge in [-0.3, -0.25) is 4.79 Å². The zero-order valence-electron chi connectivity index (χ0n) is 13.1. The summed E-state index contributed by atoms with van der Waals surface area (Å²) in [6.07, 6.45) is 6.58. The number of nitrogens with one attached hydrogen (secondary N) is 2. The molecular weight excluding hydrogens is 298 g/mol. The third-order valence-electron chi connectivity index (χ3n) is 5.89. The molecule has 1 aromatic rings. The molecule has 1 amide bonds. The minimum absolute atomic E-state index is 0.0363. The minimum Gasteiger partial charge on any atom is -0.349 e. The Bertz CT molecular complexity index is 603. The Hall–Kier alpha value is -1.49. The Morgan fingerprint density at radius 3 is 2.43 bits per heavy atom. The van der Waals surface area contributed by atoms with E-state index in [4.69, 9.17) is 0 Å². The normalized spacial score (nSPS) is 32.1. The van der Waals surface area contributed by atoms with Gasteiger partial charge in [0.2, 0.25) is 5.91 Å². The Labute approximate surface area is 134 Å². The van der Waals surface area contributed by atoms with Gasteiger partial charge in [0.1, 0.15) is 11.6 Å². The molecule has 1 atom stereocenters. The summed E-state index contributed by atoms with van der Waals surface area (Å²) in [4.78, 5) is 11.7. The Morgan fingerprint density at radius 2 is 1.83 bits per heavy atom. The summed E-state index contributed by atoms with van der Waals surface area (Å²) in [5, 5.41) is 6.89. The molecule has 3 aliphatic rings. The van der Waals surface area contributed by atoms with Crippen molar-refractivity contribution >= 4 is 5.91 Å². The molecule has 2 N–H and O–H groups in total. The van der Waals surface area contributed by atoms with Crippen LogP contribution in [0, 0.1) is 11.6 Å². The molecule has 1 heterocycles. The molecule has 0 radical (unpaired) electrons. The van der Waals surface area contributed by atoms with Gasteiger partial charge in [-0.15, -0.1) is 0 Å². The summed E-state index contributed by atoms with van der Waals surface area (Å²) in [6.45, 7) is 0. The van der Waals surface area contributed by atoms with Crippen LogP contribution in [-0.4, -0.2) is 23.5 Å². The van der Waals surface area contributed by atoms with Crippen LogP contribution in [0.4, 0.5) is 8.78 Å². The standard InChI is InChI=1S/C18H22F2N2O/c19-13-6-11(7-14(20)10-13)12-8-15(9-12)21-16-2-3-17(23)22-18(16)4-1-5-18/h6-7,10,12,15-16,21H,1-5,8-9H2,(H,22,23). The lowest BCUT2D eigenvalue weighted by Crippen LogP contribution is -2.69. The Kier molecular flexibility index (Phi) is 3.63. The maximum absolute atomic E-state index is 13.3. The number of hydrogen-bond acceptors (Lipinski definition) is 2. The molecular formula is C18H22F2N2O. The van der Waals surface area contributed by atoms with Crippen molar-refractivity contribution < 1.29 is 13.6 Å². The lowest BCUT2D eigenvalue weighted by molar-refractivity contribution is -0.128. The van der Waals surface area contributed by atoms with Crippen LogP contribution in [0.2, 0.25) is 0 Å². The van der Waals surface area contributed by atoms with Gasteiger partial charge in [0, 0.05) is 24.6 Å². The van der Waals surface area contributed by atoms with Crippen LogP contribution in [0.1, 0.15) is 56.4 Å². The number of carbonyl (C=O) groups excluding carboxylic acids is 1. The third-order valence-corrected chi connectivity index (χ3v) is 5.89. The summed E-state index contributed by atoms with van der Waals surface area (Å²) < 4.78 is 26.6. The van der Waals surface area contributed by atoms with Crippen molar-refractivity contribution in [3.05, 3.63) is 35.4 Å². The molecule has 23 heavy (non-hydrogen) atoms. The first kappa shape index (κ1) is 15.1. The van der Waals surface area contributed by atoms with Gasteiger partial charge in [-0.25, -0.2) is 8.78 Å². The van der Waals surface area contributed by atoms with Crippen molar-refractivity contribution in [2.75, 3.05) is 0 Å². The average molecular weight is 320 g/mol. The van der Waals surface area contributed by atoms with Crippen LogP contribution in [0.3, 0.4) is 0 Å². The van der Waals surface area contributed by atoms with Gasteiger partial charge in [0.15, 0.2) is 0 Å². The first-order chi connectivity index (χ1) is 11.0. The molecule has 0 aromatic heterocycles. The molecule has 1 aliphatic heterocycles. The first-order valence-corrected chi connectivity index (χ1v) is 8.57. The van der Waals surface area contributed by atoms with Crippen molar-refractivity contribution in [1.29, 1.82) is 0 Å². The number of amides is 1. The lowest BCUT2D eigenvalue weighted by atomic mass is 9.67. The Morgan fingerprint density at radius 1 is 1.13 bits per heavy atom. The van der Waals surface area contributed by atoms with Gasteiger partial charge < -0.3 is 10.6 Å². The van der Waals surface area contributed by atoms with E-state index in [2.05, 4.69) is 10.6 Å². The lowest BCUT2D eigenvalue weighted by Gasteiger charge is -2.53. The SMILES string of the molecule is O=C1CCC(NC2CC(c3cc(F)cc(F)c3)C2)C2(CCC2)N1. The van der Waals surface area contributed by atoms with Crippen LogP contribution >= 0.6 is 0 Å². The maximum atomic E-state index is 13.3. The Balaban J connectivity index is 1.36. The second-order valence-electron chi connectivity index (χ2n) is 7.38. The maximum Gasteiger partial charge on any atom is 0.220 e. The van der Waals surface area contributed by atoms with Crippen LogP contribution in [-0.2, 0) is 4.79 Å². The molecule has 1 unspecified atom stereocenters. The quantitative estimate of drug-likeness (QED) is 0.899. The van der Waals surface area contributed by atoms with E-state index in [1.807, 2.05) is 0 Å². The largest absolute Gasteiger partial charge is 0.349 e. The molecule has 3 nitrogen and oxygen atoms in total. The fourth-order valence-electron chi connectivity index (χ4n) is 4.37. The number of halogens is 2. The predicted octanol–water partition coefficient (Wildman–Crippen LogP) is 3.00. The fourth-order valence-corrected chi connectivity index (χ4v) is 4.37. The molecule has 5 heteroatoms. The van der Waals surface area contributed by atoms with Crippen molar-refractivity contribution in [2.45, 2.75) is 68.5 Å². The molecule has 1 spiro atoms. The molecule has 1 saturated heterocycles. The summed E-state index contributed by atoms with van der Waals surface area (Å²) in [6, 6.07) is 4.52. The molecule has 124 valence electrons. The van der Waals surface area contributed by atoms with Gasteiger partial charge in [0.25, 0.3) is 0 Å². The molecule has 2 aliphatic carbocycles. The van der Waals surface area contributed by atoms with Crippen molar-refractivity contribution in [1.82, 2.24) is 10.6 Å². The second kappa shape index (κ2) is 5.55. The number of hydrogen-bond donors (Lipinski definition) is 2. The highest BCUT2D eigenvalue weighted by Gasteiger charge is 2.48. The van der Waals surface area contributed by atoms with E-state index in [1.54, 1.807) is 0 Å². The van der Waals surface area contributed by atoms with E-state index in [0.29, 0.717) is 18.5 Å². The van der Waals surface area contributed by atoms with Crippen LogP contribution < -0.4 is 10.6 Å². The third kappa shape index (κ3) is 2.75. The average Bonchev–Trinajstić information content (AvgIpc) is 2.40. The fraction of sp³-hybridized carbons (Fsp3) is 0.611.